The van der Waals surface area contributed by atoms with E-state index in [1.165, 1.54) is 30.0 Å². The second-order valence-corrected chi connectivity index (χ2v) is 5.70. The smallest absolute Gasteiger partial charge is 0.339 e. The molecule has 126 valence electrons. The average molecular weight is 328 g/mol. The number of anilines is 1. The Balaban J connectivity index is 2.22. The maximum absolute atomic E-state index is 12.3. The summed E-state index contributed by atoms with van der Waals surface area (Å²) in [5, 5.41) is 2.83. The molecule has 1 heterocycles. The number of esters is 1. The highest BCUT2D eigenvalue weighted by Gasteiger charge is 2.12. The van der Waals surface area contributed by atoms with Crippen molar-refractivity contribution in [1.82, 2.24) is 4.57 Å². The molecule has 1 aromatic heterocycles. The largest absolute Gasteiger partial charge is 0.465 e. The monoisotopic (exact) mass is 328 g/mol. The van der Waals surface area contributed by atoms with Gasteiger partial charge in [0.15, 0.2) is 0 Å². The van der Waals surface area contributed by atoms with Crippen molar-refractivity contribution in [2.45, 2.75) is 27.3 Å². The number of amides is 1. The van der Waals surface area contributed by atoms with E-state index < -0.39 is 5.97 Å². The van der Waals surface area contributed by atoms with E-state index in [1.807, 2.05) is 32.9 Å². The lowest BCUT2D eigenvalue weighted by Crippen LogP contribution is -2.28. The van der Waals surface area contributed by atoms with Crippen LogP contribution in [0, 0.1) is 20.8 Å². The van der Waals surface area contributed by atoms with Crippen LogP contribution in [-0.2, 0) is 16.1 Å². The third kappa shape index (κ3) is 3.90. The summed E-state index contributed by atoms with van der Waals surface area (Å²) in [6, 6.07) is 6.57. The Morgan fingerprint density at radius 3 is 2.33 bits per heavy atom. The van der Waals surface area contributed by atoms with E-state index in [0.29, 0.717) is 0 Å². The number of benzene rings is 1. The van der Waals surface area contributed by atoms with Gasteiger partial charge in [-0.25, -0.2) is 4.79 Å². The van der Waals surface area contributed by atoms with E-state index in [9.17, 15) is 14.4 Å². The highest BCUT2D eigenvalue weighted by Crippen LogP contribution is 2.21. The van der Waals surface area contributed by atoms with Crippen LogP contribution in [0.3, 0.4) is 0 Å². The first-order valence-corrected chi connectivity index (χ1v) is 7.48. The summed E-state index contributed by atoms with van der Waals surface area (Å²) in [7, 11) is 1.26. The summed E-state index contributed by atoms with van der Waals surface area (Å²) in [5.41, 5.74) is 3.61. The van der Waals surface area contributed by atoms with Crippen LogP contribution < -0.4 is 10.9 Å². The van der Waals surface area contributed by atoms with Gasteiger partial charge in [0.05, 0.1) is 12.7 Å². The quantitative estimate of drug-likeness (QED) is 0.873. The second kappa shape index (κ2) is 7.12. The third-order valence-electron chi connectivity index (χ3n) is 3.66. The molecular weight excluding hydrogens is 308 g/mol. The van der Waals surface area contributed by atoms with Crippen molar-refractivity contribution < 1.29 is 14.3 Å². The lowest BCUT2D eigenvalue weighted by molar-refractivity contribution is -0.116. The van der Waals surface area contributed by atoms with Gasteiger partial charge in [0.25, 0.3) is 5.56 Å². The molecule has 6 heteroatoms. The summed E-state index contributed by atoms with van der Waals surface area (Å²) in [6.45, 7) is 5.64. The number of rotatable bonds is 4. The van der Waals surface area contributed by atoms with Crippen molar-refractivity contribution in [3.63, 3.8) is 0 Å². The molecule has 0 aliphatic heterocycles. The van der Waals surface area contributed by atoms with Crippen LogP contribution in [0.4, 0.5) is 5.69 Å². The first-order valence-electron chi connectivity index (χ1n) is 7.48. The van der Waals surface area contributed by atoms with Gasteiger partial charge in [-0.2, -0.15) is 0 Å². The first-order chi connectivity index (χ1) is 11.3. The fourth-order valence-corrected chi connectivity index (χ4v) is 2.60. The number of methoxy groups -OCH3 is 1. The standard InChI is InChI=1S/C18H20N2O4/c1-11-7-12(2)17(13(3)8-11)19-15(21)10-20-9-14(18(23)24-4)5-6-16(20)22/h5-9H,10H2,1-4H3,(H,19,21). The Hall–Kier alpha value is -2.89. The molecule has 0 spiro atoms. The molecule has 0 fully saturated rings. The zero-order valence-corrected chi connectivity index (χ0v) is 14.2. The van der Waals surface area contributed by atoms with Gasteiger partial charge in [-0.1, -0.05) is 17.7 Å². The Kier molecular flexibility index (Phi) is 5.18. The van der Waals surface area contributed by atoms with Crippen molar-refractivity contribution in [2.24, 2.45) is 0 Å². The lowest BCUT2D eigenvalue weighted by Gasteiger charge is -2.13. The number of carbonyl (C=O) groups is 2. The predicted octanol–water partition coefficient (Wildman–Crippen LogP) is 2.20. The van der Waals surface area contributed by atoms with Crippen molar-refractivity contribution in [3.8, 4) is 0 Å². The van der Waals surface area contributed by atoms with Crippen LogP contribution in [0.2, 0.25) is 0 Å². The van der Waals surface area contributed by atoms with Crippen LogP contribution in [0.5, 0.6) is 0 Å². The van der Waals surface area contributed by atoms with Crippen molar-refractivity contribution >= 4 is 17.6 Å². The van der Waals surface area contributed by atoms with Gasteiger partial charge in [-0.15, -0.1) is 0 Å². The molecule has 0 saturated carbocycles. The molecular formula is C18H20N2O4. The number of hydrogen-bond acceptors (Lipinski definition) is 4. The summed E-state index contributed by atoms with van der Waals surface area (Å²) in [6.07, 6.45) is 1.32. The predicted molar refractivity (Wildman–Crippen MR) is 91.3 cm³/mol. The first kappa shape index (κ1) is 17.5. The Labute approximate surface area is 140 Å². The number of ether oxygens (including phenoxy) is 1. The molecule has 1 amide bonds. The van der Waals surface area contributed by atoms with E-state index in [2.05, 4.69) is 10.1 Å². The maximum Gasteiger partial charge on any atom is 0.339 e. The number of aromatic nitrogens is 1. The van der Waals surface area contributed by atoms with Crippen LogP contribution in [-0.4, -0.2) is 23.6 Å². The van der Waals surface area contributed by atoms with Crippen molar-refractivity contribution in [2.75, 3.05) is 12.4 Å². The molecule has 0 aliphatic carbocycles. The molecule has 6 nitrogen and oxygen atoms in total. The van der Waals surface area contributed by atoms with Crippen LogP contribution in [0.1, 0.15) is 27.0 Å². The number of carbonyl (C=O) groups excluding carboxylic acids is 2. The second-order valence-electron chi connectivity index (χ2n) is 5.70. The van der Waals surface area contributed by atoms with Crippen LogP contribution >= 0.6 is 0 Å². The molecule has 0 saturated heterocycles. The zero-order valence-electron chi connectivity index (χ0n) is 14.2. The van der Waals surface area contributed by atoms with Crippen molar-refractivity contribution in [1.29, 1.82) is 0 Å². The van der Waals surface area contributed by atoms with Crippen LogP contribution in [0.25, 0.3) is 0 Å². The molecule has 0 bridgehead atoms. The SMILES string of the molecule is COC(=O)c1ccc(=O)n(CC(=O)Nc2c(C)cc(C)cc2C)c1. The van der Waals surface area contributed by atoms with Gasteiger partial charge in [0.1, 0.15) is 6.54 Å². The molecule has 0 radical (unpaired) electrons. The summed E-state index contributed by atoms with van der Waals surface area (Å²) >= 11 is 0. The highest BCUT2D eigenvalue weighted by atomic mass is 16.5. The number of hydrogen-bond donors (Lipinski definition) is 1. The summed E-state index contributed by atoms with van der Waals surface area (Å²) < 4.78 is 5.80. The van der Waals surface area contributed by atoms with Gasteiger partial charge >= 0.3 is 5.97 Å². The van der Waals surface area contributed by atoms with Crippen LogP contribution in [0.15, 0.2) is 35.3 Å². The fourth-order valence-electron chi connectivity index (χ4n) is 2.60. The van der Waals surface area contributed by atoms with Gasteiger partial charge in [-0.05, 0) is 38.0 Å². The number of pyridine rings is 1. The van der Waals surface area contributed by atoms with Gasteiger partial charge < -0.3 is 14.6 Å². The molecule has 2 rings (SSSR count). The molecule has 0 unspecified atom stereocenters. The van der Waals surface area contributed by atoms with Gasteiger partial charge in [-0.3, -0.25) is 9.59 Å². The topological polar surface area (TPSA) is 77.4 Å². The van der Waals surface area contributed by atoms with E-state index in [4.69, 9.17) is 0 Å². The minimum absolute atomic E-state index is 0.184. The van der Waals surface area contributed by atoms with Gasteiger partial charge in [0.2, 0.25) is 5.91 Å². The summed E-state index contributed by atoms with van der Waals surface area (Å²) in [4.78, 5) is 35.7. The van der Waals surface area contributed by atoms with E-state index in [1.54, 1.807) is 0 Å². The minimum atomic E-state index is -0.561. The highest BCUT2D eigenvalue weighted by molar-refractivity contribution is 5.92. The molecule has 2 aromatic rings. The normalized spacial score (nSPS) is 10.3. The molecule has 24 heavy (non-hydrogen) atoms. The zero-order chi connectivity index (χ0) is 17.9. The lowest BCUT2D eigenvalue weighted by atomic mass is 10.1. The molecule has 0 aliphatic rings. The maximum atomic E-state index is 12.3. The minimum Gasteiger partial charge on any atom is -0.465 e. The average Bonchev–Trinajstić information content (AvgIpc) is 2.52. The Morgan fingerprint density at radius 1 is 1.12 bits per heavy atom. The van der Waals surface area contributed by atoms with Gasteiger partial charge in [0, 0.05) is 18.0 Å². The summed E-state index contributed by atoms with van der Waals surface area (Å²) in [5.74, 6) is -0.899. The molecule has 0 atom stereocenters. The number of aryl methyl sites for hydroxylation is 3. The molecule has 1 N–H and O–H groups in total. The van der Waals surface area contributed by atoms with E-state index in [0.717, 1.165) is 22.4 Å². The number of nitrogens with zero attached hydrogens (tertiary/aromatic N) is 1. The van der Waals surface area contributed by atoms with Crippen molar-refractivity contribution in [3.05, 3.63) is 63.1 Å². The third-order valence-corrected chi connectivity index (χ3v) is 3.66. The number of nitrogens with one attached hydrogen (secondary N) is 1. The molecule has 1 aromatic carbocycles. The fraction of sp³-hybridized carbons (Fsp3) is 0.278. The van der Waals surface area contributed by atoms with E-state index >= 15 is 0 Å². The Morgan fingerprint density at radius 2 is 1.75 bits per heavy atom. The Bertz CT molecular complexity index is 829. The van der Waals surface area contributed by atoms with E-state index in [-0.39, 0.29) is 23.6 Å².